The van der Waals surface area contributed by atoms with Crippen molar-refractivity contribution in [1.29, 1.82) is 0 Å². The van der Waals surface area contributed by atoms with E-state index in [1.807, 2.05) is 74.5 Å². The van der Waals surface area contributed by atoms with Crippen LogP contribution in [0.15, 0.2) is 66.7 Å². The average Bonchev–Trinajstić information content (AvgIpc) is 2.64. The van der Waals surface area contributed by atoms with E-state index in [4.69, 9.17) is 15.2 Å². The minimum atomic E-state index is -0.446. The molecule has 0 bridgehead atoms. The van der Waals surface area contributed by atoms with Crippen LogP contribution >= 0.6 is 0 Å². The Labute approximate surface area is 153 Å². The summed E-state index contributed by atoms with van der Waals surface area (Å²) in [5.74, 6) is 1.76. The van der Waals surface area contributed by atoms with Gasteiger partial charge in [0.1, 0.15) is 23.9 Å². The third-order valence-corrected chi connectivity index (χ3v) is 4.32. The number of amides is 1. The molecule has 0 spiro atoms. The lowest BCUT2D eigenvalue weighted by molar-refractivity contribution is 0.0997. The van der Waals surface area contributed by atoms with Crippen molar-refractivity contribution in [2.75, 3.05) is 0 Å². The lowest BCUT2D eigenvalue weighted by atomic mass is 9.98. The minimum absolute atomic E-state index is 0.282. The van der Waals surface area contributed by atoms with Crippen molar-refractivity contribution in [2.24, 2.45) is 5.73 Å². The number of para-hydroxylation sites is 1. The van der Waals surface area contributed by atoms with Crippen LogP contribution in [0.5, 0.6) is 17.2 Å². The number of primary amides is 1. The number of benzene rings is 3. The van der Waals surface area contributed by atoms with Gasteiger partial charge < -0.3 is 15.2 Å². The van der Waals surface area contributed by atoms with Gasteiger partial charge in [-0.05, 0) is 67.4 Å². The lowest BCUT2D eigenvalue weighted by Gasteiger charge is -2.14. The molecule has 0 fully saturated rings. The zero-order valence-electron chi connectivity index (χ0n) is 14.9. The van der Waals surface area contributed by atoms with Gasteiger partial charge in [0.2, 0.25) is 5.91 Å². The number of nitrogens with two attached hydrogens (primary N) is 1. The first-order valence-electron chi connectivity index (χ1n) is 8.39. The summed E-state index contributed by atoms with van der Waals surface area (Å²) in [5, 5.41) is 0. The molecule has 0 heterocycles. The Morgan fingerprint density at radius 3 is 2.12 bits per heavy atom. The zero-order chi connectivity index (χ0) is 18.5. The molecule has 3 rings (SSSR count). The van der Waals surface area contributed by atoms with Crippen molar-refractivity contribution in [1.82, 2.24) is 0 Å². The molecule has 0 aliphatic carbocycles. The molecule has 0 aromatic heterocycles. The number of carbonyl (C=O) groups is 1. The van der Waals surface area contributed by atoms with Crippen LogP contribution in [0.1, 0.15) is 27.0 Å². The summed E-state index contributed by atoms with van der Waals surface area (Å²) >= 11 is 0. The molecule has 4 heteroatoms. The van der Waals surface area contributed by atoms with Crippen molar-refractivity contribution in [3.05, 3.63) is 89.0 Å². The third-order valence-electron chi connectivity index (χ3n) is 4.32. The topological polar surface area (TPSA) is 61.6 Å². The summed E-state index contributed by atoms with van der Waals surface area (Å²) in [4.78, 5) is 11.7. The number of aryl methyl sites for hydroxylation is 1. The highest BCUT2D eigenvalue weighted by Crippen LogP contribution is 2.25. The number of ether oxygens (including phenoxy) is 2. The predicted octanol–water partition coefficient (Wildman–Crippen LogP) is 4.77. The van der Waals surface area contributed by atoms with Gasteiger partial charge in [-0.15, -0.1) is 0 Å². The van der Waals surface area contributed by atoms with Crippen molar-refractivity contribution in [2.45, 2.75) is 20.5 Å². The van der Waals surface area contributed by atoms with Crippen molar-refractivity contribution in [3.8, 4) is 17.2 Å². The molecule has 26 heavy (non-hydrogen) atoms. The standard InChI is InChI=1S/C22H21NO3/c1-15-8-13-20(22(23)24)21(16(15)2)14-25-17-9-11-19(12-10-17)26-18-6-4-3-5-7-18/h3-13H,14H2,1-2H3,(H2,23,24). The molecular formula is C22H21NO3. The van der Waals surface area contributed by atoms with E-state index >= 15 is 0 Å². The molecule has 3 aromatic carbocycles. The maximum absolute atomic E-state index is 11.7. The van der Waals surface area contributed by atoms with Crippen LogP contribution in [0.2, 0.25) is 0 Å². The van der Waals surface area contributed by atoms with Crippen LogP contribution in [0, 0.1) is 13.8 Å². The molecule has 0 radical (unpaired) electrons. The van der Waals surface area contributed by atoms with Gasteiger partial charge in [0.05, 0.1) is 0 Å². The zero-order valence-corrected chi connectivity index (χ0v) is 14.9. The summed E-state index contributed by atoms with van der Waals surface area (Å²) in [6, 6.07) is 20.6. The van der Waals surface area contributed by atoms with Gasteiger partial charge in [0, 0.05) is 11.1 Å². The highest BCUT2D eigenvalue weighted by atomic mass is 16.5. The molecular weight excluding hydrogens is 326 g/mol. The van der Waals surface area contributed by atoms with Crippen LogP contribution < -0.4 is 15.2 Å². The normalized spacial score (nSPS) is 10.4. The molecule has 0 saturated heterocycles. The van der Waals surface area contributed by atoms with Crippen LogP contribution in [0.25, 0.3) is 0 Å². The predicted molar refractivity (Wildman–Crippen MR) is 102 cm³/mol. The number of rotatable bonds is 6. The van der Waals surface area contributed by atoms with Crippen molar-refractivity contribution in [3.63, 3.8) is 0 Å². The molecule has 0 aliphatic heterocycles. The highest BCUT2D eigenvalue weighted by Gasteiger charge is 2.13. The lowest BCUT2D eigenvalue weighted by Crippen LogP contribution is -2.16. The van der Waals surface area contributed by atoms with Crippen LogP contribution in [0.4, 0.5) is 0 Å². The molecule has 2 N–H and O–H groups in total. The Morgan fingerprint density at radius 2 is 1.46 bits per heavy atom. The number of hydrogen-bond donors (Lipinski definition) is 1. The molecule has 0 unspecified atom stereocenters. The molecule has 4 nitrogen and oxygen atoms in total. The van der Waals surface area contributed by atoms with Gasteiger partial charge in [0.25, 0.3) is 0 Å². The molecule has 0 atom stereocenters. The van der Waals surface area contributed by atoms with Gasteiger partial charge in [0.15, 0.2) is 0 Å². The Kier molecular flexibility index (Phi) is 5.23. The fourth-order valence-electron chi connectivity index (χ4n) is 2.67. The van der Waals surface area contributed by atoms with E-state index in [0.717, 1.165) is 28.2 Å². The van der Waals surface area contributed by atoms with E-state index in [0.29, 0.717) is 11.3 Å². The van der Waals surface area contributed by atoms with Gasteiger partial charge >= 0.3 is 0 Å². The Hall–Kier alpha value is -3.27. The SMILES string of the molecule is Cc1ccc(C(N)=O)c(COc2ccc(Oc3ccccc3)cc2)c1C. The van der Waals surface area contributed by atoms with E-state index in [9.17, 15) is 4.79 Å². The van der Waals surface area contributed by atoms with Crippen LogP contribution in [-0.2, 0) is 6.61 Å². The highest BCUT2D eigenvalue weighted by molar-refractivity contribution is 5.94. The molecule has 0 aliphatic rings. The molecule has 0 saturated carbocycles. The third kappa shape index (κ3) is 4.03. The van der Waals surface area contributed by atoms with Gasteiger partial charge in [-0.2, -0.15) is 0 Å². The average molecular weight is 347 g/mol. The summed E-state index contributed by atoms with van der Waals surface area (Å²) in [6.07, 6.45) is 0. The van der Waals surface area contributed by atoms with Crippen LogP contribution in [0.3, 0.4) is 0 Å². The van der Waals surface area contributed by atoms with E-state index < -0.39 is 5.91 Å². The Bertz CT molecular complexity index is 903. The monoisotopic (exact) mass is 347 g/mol. The van der Waals surface area contributed by atoms with Crippen molar-refractivity contribution < 1.29 is 14.3 Å². The fraction of sp³-hybridized carbons (Fsp3) is 0.136. The van der Waals surface area contributed by atoms with E-state index in [2.05, 4.69) is 0 Å². The second-order valence-electron chi connectivity index (χ2n) is 6.07. The first-order valence-corrected chi connectivity index (χ1v) is 8.39. The van der Waals surface area contributed by atoms with E-state index in [1.54, 1.807) is 6.07 Å². The second-order valence-corrected chi connectivity index (χ2v) is 6.07. The Morgan fingerprint density at radius 1 is 0.846 bits per heavy atom. The largest absolute Gasteiger partial charge is 0.489 e. The first-order chi connectivity index (χ1) is 12.5. The first kappa shape index (κ1) is 17.5. The summed E-state index contributed by atoms with van der Waals surface area (Å²) in [7, 11) is 0. The quantitative estimate of drug-likeness (QED) is 0.698. The Balaban J connectivity index is 1.71. The van der Waals surface area contributed by atoms with Crippen molar-refractivity contribution >= 4 is 5.91 Å². The molecule has 3 aromatic rings. The summed E-state index contributed by atoms with van der Waals surface area (Å²) in [6.45, 7) is 4.25. The maximum Gasteiger partial charge on any atom is 0.249 e. The summed E-state index contributed by atoms with van der Waals surface area (Å²) in [5.41, 5.74) is 8.92. The molecule has 132 valence electrons. The number of carbonyl (C=O) groups excluding carboxylic acids is 1. The van der Waals surface area contributed by atoms with Gasteiger partial charge in [-0.3, -0.25) is 4.79 Å². The molecule has 1 amide bonds. The van der Waals surface area contributed by atoms with Crippen LogP contribution in [-0.4, -0.2) is 5.91 Å². The van der Waals surface area contributed by atoms with Gasteiger partial charge in [-0.25, -0.2) is 0 Å². The second kappa shape index (κ2) is 7.74. The van der Waals surface area contributed by atoms with E-state index in [1.165, 1.54) is 0 Å². The summed E-state index contributed by atoms with van der Waals surface area (Å²) < 4.78 is 11.6. The number of hydrogen-bond acceptors (Lipinski definition) is 3. The minimum Gasteiger partial charge on any atom is -0.489 e. The van der Waals surface area contributed by atoms with Gasteiger partial charge in [-0.1, -0.05) is 24.3 Å². The van der Waals surface area contributed by atoms with E-state index in [-0.39, 0.29) is 6.61 Å². The fourth-order valence-corrected chi connectivity index (χ4v) is 2.67. The maximum atomic E-state index is 11.7. The smallest absolute Gasteiger partial charge is 0.249 e.